The third kappa shape index (κ3) is 11.4. The van der Waals surface area contributed by atoms with E-state index in [0.717, 1.165) is 31.7 Å². The monoisotopic (exact) mass is 213 g/mol. The van der Waals surface area contributed by atoms with Gasteiger partial charge >= 0.3 is 0 Å². The molecule has 90 valence electrons. The zero-order valence-electron chi connectivity index (χ0n) is 10.6. The van der Waals surface area contributed by atoms with E-state index in [1.807, 2.05) is 0 Å². The minimum Gasteiger partial charge on any atom is -0.356 e. The summed E-state index contributed by atoms with van der Waals surface area (Å²) in [5.74, 6) is 1.02. The normalized spacial score (nSPS) is 10.7. The number of carbonyl (C=O) groups is 1. The van der Waals surface area contributed by atoms with Gasteiger partial charge in [-0.3, -0.25) is 4.79 Å². The van der Waals surface area contributed by atoms with E-state index in [9.17, 15) is 4.79 Å². The zero-order valence-corrected chi connectivity index (χ0v) is 10.6. The first-order valence-electron chi connectivity index (χ1n) is 6.43. The molecule has 15 heavy (non-hydrogen) atoms. The summed E-state index contributed by atoms with van der Waals surface area (Å²) in [4.78, 5) is 11.3. The average molecular weight is 213 g/mol. The van der Waals surface area contributed by atoms with Crippen LogP contribution >= 0.6 is 0 Å². The van der Waals surface area contributed by atoms with Gasteiger partial charge in [-0.2, -0.15) is 0 Å². The van der Waals surface area contributed by atoms with Gasteiger partial charge in [-0.25, -0.2) is 0 Å². The Morgan fingerprint density at radius 2 is 1.87 bits per heavy atom. The summed E-state index contributed by atoms with van der Waals surface area (Å²) in [6.45, 7) is 7.48. The number of amides is 1. The molecule has 1 N–H and O–H groups in total. The number of rotatable bonds is 9. The van der Waals surface area contributed by atoms with Crippen LogP contribution in [0.4, 0.5) is 0 Å². The van der Waals surface area contributed by atoms with Crippen molar-refractivity contribution in [1.29, 1.82) is 0 Å². The van der Waals surface area contributed by atoms with Gasteiger partial charge in [-0.15, -0.1) is 0 Å². The van der Waals surface area contributed by atoms with Crippen LogP contribution in [0.2, 0.25) is 0 Å². The van der Waals surface area contributed by atoms with Gasteiger partial charge in [0.2, 0.25) is 5.91 Å². The fourth-order valence-electron chi connectivity index (χ4n) is 1.51. The van der Waals surface area contributed by atoms with Crippen molar-refractivity contribution >= 4 is 5.91 Å². The van der Waals surface area contributed by atoms with E-state index in [2.05, 4.69) is 26.1 Å². The predicted octanol–water partition coefficient (Wildman–Crippen LogP) is 3.51. The molecule has 0 aliphatic carbocycles. The van der Waals surface area contributed by atoms with Crippen molar-refractivity contribution in [2.24, 2.45) is 5.92 Å². The molecule has 2 heteroatoms. The molecule has 0 rings (SSSR count). The lowest BCUT2D eigenvalue weighted by atomic mass is 10.0. The molecule has 2 nitrogen and oxygen atoms in total. The summed E-state index contributed by atoms with van der Waals surface area (Å²) < 4.78 is 0. The molecule has 0 aliphatic heterocycles. The second-order valence-electron chi connectivity index (χ2n) is 4.70. The number of carbonyl (C=O) groups excluding carboxylic acids is 1. The molecule has 0 saturated heterocycles. The maximum Gasteiger partial charge on any atom is 0.219 e. The molecular weight excluding hydrogens is 186 g/mol. The molecule has 0 saturated carbocycles. The molecule has 0 radical (unpaired) electrons. The standard InChI is InChI=1S/C13H27NO/c1-4-5-11-14-13(15)10-8-6-7-9-12(2)3/h12H,4-11H2,1-3H3,(H,14,15). The molecule has 1 amide bonds. The lowest BCUT2D eigenvalue weighted by Crippen LogP contribution is -2.23. The fraction of sp³-hybridized carbons (Fsp3) is 0.923. The molecule has 0 aromatic carbocycles. The second-order valence-corrected chi connectivity index (χ2v) is 4.70. The third-order valence-electron chi connectivity index (χ3n) is 2.54. The quantitative estimate of drug-likeness (QED) is 0.583. The Labute approximate surface area is 94.8 Å². The predicted molar refractivity (Wildman–Crippen MR) is 65.8 cm³/mol. The Hall–Kier alpha value is -0.530. The summed E-state index contributed by atoms with van der Waals surface area (Å²) >= 11 is 0. The van der Waals surface area contributed by atoms with Gasteiger partial charge in [0.1, 0.15) is 0 Å². The second kappa shape index (κ2) is 10.0. The minimum absolute atomic E-state index is 0.230. The highest BCUT2D eigenvalue weighted by molar-refractivity contribution is 5.75. The van der Waals surface area contributed by atoms with Gasteiger partial charge in [0.05, 0.1) is 0 Å². The molecule has 0 fully saturated rings. The minimum atomic E-state index is 0.230. The first kappa shape index (κ1) is 14.5. The van der Waals surface area contributed by atoms with Crippen LogP contribution < -0.4 is 5.32 Å². The lowest BCUT2D eigenvalue weighted by Gasteiger charge is -2.05. The number of nitrogens with one attached hydrogen (secondary N) is 1. The summed E-state index contributed by atoms with van der Waals surface area (Å²) in [7, 11) is 0. The van der Waals surface area contributed by atoms with Gasteiger partial charge in [-0.1, -0.05) is 46.5 Å². The SMILES string of the molecule is CCCCNC(=O)CCCCCC(C)C. The Morgan fingerprint density at radius 3 is 2.47 bits per heavy atom. The highest BCUT2D eigenvalue weighted by Crippen LogP contribution is 2.09. The molecule has 0 spiro atoms. The Balaban J connectivity index is 3.17. The van der Waals surface area contributed by atoms with Crippen LogP contribution in [0.25, 0.3) is 0 Å². The molecule has 0 aliphatic rings. The topological polar surface area (TPSA) is 29.1 Å². The molecule has 0 aromatic heterocycles. The smallest absolute Gasteiger partial charge is 0.219 e. The van der Waals surface area contributed by atoms with E-state index in [0.29, 0.717) is 6.42 Å². The number of unbranched alkanes of at least 4 members (excludes halogenated alkanes) is 3. The van der Waals surface area contributed by atoms with E-state index in [-0.39, 0.29) is 5.91 Å². The van der Waals surface area contributed by atoms with E-state index in [4.69, 9.17) is 0 Å². The molecule has 0 aromatic rings. The summed E-state index contributed by atoms with van der Waals surface area (Å²) in [5.41, 5.74) is 0. The van der Waals surface area contributed by atoms with Crippen molar-refractivity contribution in [3.05, 3.63) is 0 Å². The van der Waals surface area contributed by atoms with E-state index >= 15 is 0 Å². The van der Waals surface area contributed by atoms with E-state index in [1.165, 1.54) is 19.3 Å². The average Bonchev–Trinajstić information content (AvgIpc) is 2.17. The number of hydrogen-bond acceptors (Lipinski definition) is 1. The Morgan fingerprint density at radius 1 is 1.13 bits per heavy atom. The van der Waals surface area contributed by atoms with Crippen LogP contribution in [0.1, 0.15) is 65.7 Å². The summed E-state index contributed by atoms with van der Waals surface area (Å²) in [5, 5.41) is 2.94. The van der Waals surface area contributed by atoms with Gasteiger partial charge in [0, 0.05) is 13.0 Å². The maximum atomic E-state index is 11.3. The van der Waals surface area contributed by atoms with Gasteiger partial charge < -0.3 is 5.32 Å². The maximum absolute atomic E-state index is 11.3. The van der Waals surface area contributed by atoms with Crippen molar-refractivity contribution in [1.82, 2.24) is 5.32 Å². The van der Waals surface area contributed by atoms with Crippen molar-refractivity contribution in [2.75, 3.05) is 6.54 Å². The Bertz CT molecular complexity index is 155. The van der Waals surface area contributed by atoms with Crippen LogP contribution in [0, 0.1) is 5.92 Å². The molecule has 0 heterocycles. The van der Waals surface area contributed by atoms with Crippen molar-refractivity contribution in [3.8, 4) is 0 Å². The molecule has 0 atom stereocenters. The van der Waals surface area contributed by atoms with Crippen LogP contribution in [0.15, 0.2) is 0 Å². The lowest BCUT2D eigenvalue weighted by molar-refractivity contribution is -0.121. The largest absolute Gasteiger partial charge is 0.356 e. The van der Waals surface area contributed by atoms with Crippen molar-refractivity contribution < 1.29 is 4.79 Å². The third-order valence-corrected chi connectivity index (χ3v) is 2.54. The first-order chi connectivity index (χ1) is 7.16. The summed E-state index contributed by atoms with van der Waals surface area (Å²) in [6.07, 6.45) is 7.75. The Kier molecular flexibility index (Phi) is 9.65. The van der Waals surface area contributed by atoms with Crippen LogP contribution in [0.5, 0.6) is 0 Å². The zero-order chi connectivity index (χ0) is 11.5. The summed E-state index contributed by atoms with van der Waals surface area (Å²) in [6, 6.07) is 0. The van der Waals surface area contributed by atoms with Crippen molar-refractivity contribution in [2.45, 2.75) is 65.7 Å². The van der Waals surface area contributed by atoms with Gasteiger partial charge in [-0.05, 0) is 18.8 Å². The molecular formula is C13H27NO. The molecule has 0 unspecified atom stereocenters. The van der Waals surface area contributed by atoms with Crippen LogP contribution in [-0.2, 0) is 4.79 Å². The van der Waals surface area contributed by atoms with Crippen molar-refractivity contribution in [3.63, 3.8) is 0 Å². The van der Waals surface area contributed by atoms with E-state index < -0.39 is 0 Å². The van der Waals surface area contributed by atoms with Gasteiger partial charge in [0.15, 0.2) is 0 Å². The fourth-order valence-corrected chi connectivity index (χ4v) is 1.51. The van der Waals surface area contributed by atoms with Gasteiger partial charge in [0.25, 0.3) is 0 Å². The van der Waals surface area contributed by atoms with Crippen LogP contribution in [-0.4, -0.2) is 12.5 Å². The first-order valence-corrected chi connectivity index (χ1v) is 6.43. The van der Waals surface area contributed by atoms with E-state index in [1.54, 1.807) is 0 Å². The molecule has 0 bridgehead atoms. The number of hydrogen-bond donors (Lipinski definition) is 1. The highest BCUT2D eigenvalue weighted by atomic mass is 16.1. The van der Waals surface area contributed by atoms with Crippen LogP contribution in [0.3, 0.4) is 0 Å². The highest BCUT2D eigenvalue weighted by Gasteiger charge is 2.00.